The van der Waals surface area contributed by atoms with E-state index in [-0.39, 0.29) is 0 Å². The van der Waals surface area contributed by atoms with Gasteiger partial charge in [0.1, 0.15) is 0 Å². The minimum absolute atomic E-state index is 0.531. The Morgan fingerprint density at radius 1 is 1.06 bits per heavy atom. The molecule has 0 aliphatic heterocycles. The van der Waals surface area contributed by atoms with E-state index in [1.54, 1.807) is 0 Å². The first-order valence-corrected chi connectivity index (χ1v) is 7.40. The van der Waals surface area contributed by atoms with Crippen molar-refractivity contribution < 1.29 is 0 Å². The van der Waals surface area contributed by atoms with Gasteiger partial charge in [-0.05, 0) is 36.0 Å². The molecule has 1 unspecified atom stereocenters. The number of hydrogen-bond acceptors (Lipinski definition) is 0. The number of unbranched alkanes of at least 4 members (excludes halogenated alkanes) is 1. The second kappa shape index (κ2) is 7.11. The topological polar surface area (TPSA) is 0 Å². The van der Waals surface area contributed by atoms with Crippen LogP contribution in [0.4, 0.5) is 0 Å². The molecule has 0 aliphatic carbocycles. The van der Waals surface area contributed by atoms with Crippen LogP contribution >= 0.6 is 15.9 Å². The summed E-state index contributed by atoms with van der Waals surface area (Å²) in [5, 5.41) is 0. The summed E-state index contributed by atoms with van der Waals surface area (Å²) in [6.07, 6.45) is 6.10. The highest BCUT2D eigenvalue weighted by molar-refractivity contribution is 9.09. The molecule has 0 aromatic heterocycles. The molecule has 0 fully saturated rings. The van der Waals surface area contributed by atoms with Crippen LogP contribution < -0.4 is 0 Å². The number of aryl methyl sites for hydroxylation is 2. The fourth-order valence-corrected chi connectivity index (χ4v) is 2.67. The van der Waals surface area contributed by atoms with Gasteiger partial charge in [0, 0.05) is 4.83 Å². The molecule has 1 aromatic carbocycles. The third kappa shape index (κ3) is 3.62. The van der Waals surface area contributed by atoms with Crippen molar-refractivity contribution in [2.24, 2.45) is 0 Å². The first-order valence-electron chi connectivity index (χ1n) is 6.48. The van der Waals surface area contributed by atoms with E-state index in [2.05, 4.69) is 54.9 Å². The van der Waals surface area contributed by atoms with Crippen molar-refractivity contribution in [3.05, 3.63) is 34.9 Å². The molecule has 0 saturated carbocycles. The smallest absolute Gasteiger partial charge is 0.0395 e. The lowest BCUT2D eigenvalue weighted by molar-refractivity contribution is 0.712. The van der Waals surface area contributed by atoms with Crippen molar-refractivity contribution in [1.29, 1.82) is 0 Å². The average Bonchev–Trinajstić information content (AvgIpc) is 2.34. The van der Waals surface area contributed by atoms with Crippen molar-refractivity contribution in [2.75, 3.05) is 0 Å². The van der Waals surface area contributed by atoms with E-state index in [4.69, 9.17) is 0 Å². The van der Waals surface area contributed by atoms with Gasteiger partial charge in [-0.2, -0.15) is 0 Å². The van der Waals surface area contributed by atoms with Crippen LogP contribution in [0.5, 0.6) is 0 Å². The molecule has 16 heavy (non-hydrogen) atoms. The van der Waals surface area contributed by atoms with Gasteiger partial charge in [-0.1, -0.05) is 67.7 Å². The first kappa shape index (κ1) is 13.8. The van der Waals surface area contributed by atoms with Crippen molar-refractivity contribution in [2.45, 2.75) is 57.7 Å². The van der Waals surface area contributed by atoms with Crippen LogP contribution in [-0.4, -0.2) is 0 Å². The molecule has 90 valence electrons. The van der Waals surface area contributed by atoms with Crippen molar-refractivity contribution in [3.63, 3.8) is 0 Å². The molecule has 1 heteroatoms. The van der Waals surface area contributed by atoms with Crippen molar-refractivity contribution in [1.82, 2.24) is 0 Å². The van der Waals surface area contributed by atoms with E-state index >= 15 is 0 Å². The number of alkyl halides is 1. The molecule has 1 aromatic rings. The molecule has 0 radical (unpaired) electrons. The van der Waals surface area contributed by atoms with E-state index < -0.39 is 0 Å². The summed E-state index contributed by atoms with van der Waals surface area (Å²) in [4.78, 5) is 0.531. The zero-order valence-corrected chi connectivity index (χ0v) is 12.3. The lowest BCUT2D eigenvalue weighted by Gasteiger charge is -2.13. The number of hydrogen-bond donors (Lipinski definition) is 0. The standard InChI is InChI=1S/C15H23Br/c1-4-7-8-15(16)14-10-9-12(5-2)13(6-3)11-14/h9-11,15H,4-8H2,1-3H3. The predicted molar refractivity (Wildman–Crippen MR) is 76.4 cm³/mol. The fourth-order valence-electron chi connectivity index (χ4n) is 2.06. The Hall–Kier alpha value is -0.300. The molecular formula is C15H23Br. The van der Waals surface area contributed by atoms with Gasteiger partial charge in [0.05, 0.1) is 0 Å². The molecule has 1 atom stereocenters. The van der Waals surface area contributed by atoms with Gasteiger partial charge in [-0.15, -0.1) is 0 Å². The average molecular weight is 283 g/mol. The highest BCUT2D eigenvalue weighted by atomic mass is 79.9. The van der Waals surface area contributed by atoms with Crippen LogP contribution in [-0.2, 0) is 12.8 Å². The highest BCUT2D eigenvalue weighted by Crippen LogP contribution is 2.30. The van der Waals surface area contributed by atoms with Gasteiger partial charge in [0.2, 0.25) is 0 Å². The molecular weight excluding hydrogens is 260 g/mol. The van der Waals surface area contributed by atoms with E-state index in [1.807, 2.05) is 0 Å². The molecule has 0 nitrogen and oxygen atoms in total. The lowest BCUT2D eigenvalue weighted by atomic mass is 9.97. The molecule has 0 saturated heterocycles. The van der Waals surface area contributed by atoms with Gasteiger partial charge >= 0.3 is 0 Å². The Bertz CT molecular complexity index is 317. The Morgan fingerprint density at radius 3 is 2.31 bits per heavy atom. The first-order chi connectivity index (χ1) is 7.72. The summed E-state index contributed by atoms with van der Waals surface area (Å²) in [5.74, 6) is 0. The summed E-state index contributed by atoms with van der Waals surface area (Å²) in [7, 11) is 0. The Kier molecular flexibility index (Phi) is 6.12. The Balaban J connectivity index is 2.81. The second-order valence-corrected chi connectivity index (χ2v) is 5.45. The predicted octanol–water partition coefficient (Wildman–Crippen LogP) is 5.44. The van der Waals surface area contributed by atoms with Crippen LogP contribution in [0.3, 0.4) is 0 Å². The van der Waals surface area contributed by atoms with Gasteiger partial charge in [-0.25, -0.2) is 0 Å². The van der Waals surface area contributed by atoms with Crippen molar-refractivity contribution >= 4 is 15.9 Å². The highest BCUT2D eigenvalue weighted by Gasteiger charge is 2.08. The van der Waals surface area contributed by atoms with E-state index in [1.165, 1.54) is 36.0 Å². The van der Waals surface area contributed by atoms with E-state index in [0.717, 1.165) is 12.8 Å². The number of rotatable bonds is 6. The van der Waals surface area contributed by atoms with E-state index in [0.29, 0.717) is 4.83 Å². The molecule has 0 N–H and O–H groups in total. The van der Waals surface area contributed by atoms with E-state index in [9.17, 15) is 0 Å². The minimum Gasteiger partial charge on any atom is -0.0839 e. The molecule has 0 heterocycles. The maximum absolute atomic E-state index is 3.80. The molecule has 1 rings (SSSR count). The Labute approximate surface area is 109 Å². The zero-order chi connectivity index (χ0) is 12.0. The van der Waals surface area contributed by atoms with Crippen molar-refractivity contribution in [3.8, 4) is 0 Å². The van der Waals surface area contributed by atoms with Crippen LogP contribution in [0.2, 0.25) is 0 Å². The number of benzene rings is 1. The summed E-state index contributed by atoms with van der Waals surface area (Å²) in [6, 6.07) is 6.97. The van der Waals surface area contributed by atoms with Gasteiger partial charge < -0.3 is 0 Å². The van der Waals surface area contributed by atoms with Crippen LogP contribution in [0.25, 0.3) is 0 Å². The third-order valence-corrected chi connectivity index (χ3v) is 4.15. The third-order valence-electron chi connectivity index (χ3n) is 3.16. The second-order valence-electron chi connectivity index (χ2n) is 4.35. The number of halogens is 1. The van der Waals surface area contributed by atoms with Gasteiger partial charge in [0.25, 0.3) is 0 Å². The normalized spacial score (nSPS) is 12.8. The van der Waals surface area contributed by atoms with Gasteiger partial charge in [0.15, 0.2) is 0 Å². The molecule has 0 spiro atoms. The summed E-state index contributed by atoms with van der Waals surface area (Å²) in [5.41, 5.74) is 4.46. The monoisotopic (exact) mass is 282 g/mol. The Morgan fingerprint density at radius 2 is 1.75 bits per heavy atom. The maximum Gasteiger partial charge on any atom is 0.0395 e. The SMILES string of the molecule is CCCCC(Br)c1ccc(CC)c(CC)c1. The summed E-state index contributed by atoms with van der Waals surface area (Å²) < 4.78 is 0. The van der Waals surface area contributed by atoms with Crippen LogP contribution in [0.15, 0.2) is 18.2 Å². The van der Waals surface area contributed by atoms with Crippen LogP contribution in [0, 0.1) is 0 Å². The lowest BCUT2D eigenvalue weighted by Crippen LogP contribution is -1.96. The largest absolute Gasteiger partial charge is 0.0839 e. The minimum atomic E-state index is 0.531. The zero-order valence-electron chi connectivity index (χ0n) is 10.7. The summed E-state index contributed by atoms with van der Waals surface area (Å²) in [6.45, 7) is 6.72. The fraction of sp³-hybridized carbons (Fsp3) is 0.600. The van der Waals surface area contributed by atoms with Gasteiger partial charge in [-0.3, -0.25) is 0 Å². The molecule has 0 aliphatic rings. The quantitative estimate of drug-likeness (QED) is 0.610. The maximum atomic E-state index is 3.80. The summed E-state index contributed by atoms with van der Waals surface area (Å²) >= 11 is 3.80. The molecule has 0 amide bonds. The van der Waals surface area contributed by atoms with Crippen LogP contribution in [0.1, 0.15) is 61.6 Å². The molecule has 0 bridgehead atoms.